The molecule has 0 atom stereocenters. The smallest absolute Gasteiger partial charge is 0.293 e. The van der Waals surface area contributed by atoms with Gasteiger partial charge in [0.15, 0.2) is 0 Å². The first-order valence-electron chi connectivity index (χ1n) is 10.6. The Kier molecular flexibility index (Phi) is 6.51. The van der Waals surface area contributed by atoms with Crippen LogP contribution in [-0.4, -0.2) is 29.3 Å². The molecule has 0 bridgehead atoms. The molecule has 0 N–H and O–H groups in total. The van der Waals surface area contributed by atoms with Crippen LogP contribution in [0.5, 0.6) is 11.5 Å². The van der Waals surface area contributed by atoms with E-state index in [1.807, 2.05) is 75.4 Å². The Hall–Kier alpha value is -3.25. The van der Waals surface area contributed by atoms with Crippen molar-refractivity contribution in [2.75, 3.05) is 13.2 Å². The highest BCUT2D eigenvalue weighted by Gasteiger charge is 2.35. The van der Waals surface area contributed by atoms with Crippen LogP contribution in [0.1, 0.15) is 30.5 Å². The summed E-state index contributed by atoms with van der Waals surface area (Å²) < 4.78 is 11.5. The lowest BCUT2D eigenvalue weighted by Gasteiger charge is -2.14. The minimum absolute atomic E-state index is 0.261. The number of amides is 2. The molecule has 0 aliphatic carbocycles. The van der Waals surface area contributed by atoms with Crippen LogP contribution in [0.4, 0.5) is 4.79 Å². The zero-order valence-corrected chi connectivity index (χ0v) is 19.2. The highest BCUT2D eigenvalue weighted by Crippen LogP contribution is 2.38. The number of thioether (sulfide) groups is 1. The van der Waals surface area contributed by atoms with E-state index in [0.29, 0.717) is 23.9 Å². The van der Waals surface area contributed by atoms with Crippen LogP contribution < -0.4 is 9.47 Å². The number of benzene rings is 3. The van der Waals surface area contributed by atoms with Crippen LogP contribution in [0.25, 0.3) is 16.8 Å². The average molecular weight is 448 g/mol. The molecule has 3 aromatic carbocycles. The van der Waals surface area contributed by atoms with Crippen LogP contribution in [0.2, 0.25) is 0 Å². The largest absolute Gasteiger partial charge is 0.494 e. The third-order valence-electron chi connectivity index (χ3n) is 5.34. The number of fused-ring (bicyclic) bond motifs is 1. The van der Waals surface area contributed by atoms with Crippen molar-refractivity contribution in [3.05, 3.63) is 76.2 Å². The summed E-state index contributed by atoms with van der Waals surface area (Å²) in [4.78, 5) is 27.5. The molecule has 1 saturated heterocycles. The quantitative estimate of drug-likeness (QED) is 0.405. The Morgan fingerprint density at radius 3 is 2.47 bits per heavy atom. The lowest BCUT2D eigenvalue weighted by molar-refractivity contribution is -0.123. The number of hydrogen-bond acceptors (Lipinski definition) is 5. The third kappa shape index (κ3) is 4.36. The van der Waals surface area contributed by atoms with Gasteiger partial charge in [-0.3, -0.25) is 14.5 Å². The third-order valence-corrected chi connectivity index (χ3v) is 6.25. The maximum atomic E-state index is 13.2. The van der Waals surface area contributed by atoms with Gasteiger partial charge in [-0.05, 0) is 78.7 Å². The number of imide groups is 1. The Bertz CT molecular complexity index is 1210. The normalized spacial score (nSPS) is 15.1. The van der Waals surface area contributed by atoms with E-state index < -0.39 is 0 Å². The SMILES string of the molecule is CCOc1ccc2ccc(OCC)c(/C=C3\SC(=O)N(Cc4ccccc4C)C3=O)c2c1. The zero-order valence-electron chi connectivity index (χ0n) is 18.4. The van der Waals surface area contributed by atoms with Gasteiger partial charge in [0.05, 0.1) is 24.7 Å². The fourth-order valence-electron chi connectivity index (χ4n) is 3.71. The predicted molar refractivity (Wildman–Crippen MR) is 129 cm³/mol. The number of aryl methyl sites for hydroxylation is 1. The number of carbonyl (C=O) groups is 2. The monoisotopic (exact) mass is 447 g/mol. The summed E-state index contributed by atoms with van der Waals surface area (Å²) in [5.74, 6) is 1.12. The van der Waals surface area contributed by atoms with Crippen LogP contribution in [0, 0.1) is 6.92 Å². The van der Waals surface area contributed by atoms with E-state index in [4.69, 9.17) is 9.47 Å². The van der Waals surface area contributed by atoms with Gasteiger partial charge < -0.3 is 9.47 Å². The van der Waals surface area contributed by atoms with Gasteiger partial charge in [0.1, 0.15) is 11.5 Å². The lowest BCUT2D eigenvalue weighted by Crippen LogP contribution is -2.27. The van der Waals surface area contributed by atoms with Crippen molar-refractivity contribution in [2.45, 2.75) is 27.3 Å². The first kappa shape index (κ1) is 22.0. The van der Waals surface area contributed by atoms with Crippen molar-refractivity contribution in [1.82, 2.24) is 4.90 Å². The number of hydrogen-bond donors (Lipinski definition) is 0. The van der Waals surface area contributed by atoms with Gasteiger partial charge in [0.2, 0.25) is 0 Å². The predicted octanol–water partition coefficient (Wildman–Crippen LogP) is 6.18. The molecular formula is C26H25NO4S. The van der Waals surface area contributed by atoms with E-state index >= 15 is 0 Å². The van der Waals surface area contributed by atoms with E-state index in [0.717, 1.165) is 45.0 Å². The van der Waals surface area contributed by atoms with Crippen molar-refractivity contribution in [1.29, 1.82) is 0 Å². The van der Waals surface area contributed by atoms with E-state index in [2.05, 4.69) is 0 Å². The molecule has 0 radical (unpaired) electrons. The van der Waals surface area contributed by atoms with Gasteiger partial charge in [-0.25, -0.2) is 0 Å². The Morgan fingerprint density at radius 2 is 1.72 bits per heavy atom. The molecule has 1 aliphatic rings. The zero-order chi connectivity index (χ0) is 22.7. The van der Waals surface area contributed by atoms with Gasteiger partial charge in [-0.2, -0.15) is 0 Å². The van der Waals surface area contributed by atoms with Gasteiger partial charge in [0, 0.05) is 5.56 Å². The van der Waals surface area contributed by atoms with Gasteiger partial charge in [-0.1, -0.05) is 36.4 Å². The molecule has 1 aliphatic heterocycles. The van der Waals surface area contributed by atoms with Crippen LogP contribution >= 0.6 is 11.8 Å². The maximum absolute atomic E-state index is 13.2. The second-order valence-electron chi connectivity index (χ2n) is 7.42. The molecule has 6 heteroatoms. The molecule has 0 aromatic heterocycles. The van der Waals surface area contributed by atoms with Gasteiger partial charge in [0.25, 0.3) is 11.1 Å². The molecule has 0 unspecified atom stereocenters. The number of ether oxygens (including phenoxy) is 2. The molecule has 4 rings (SSSR count). The summed E-state index contributed by atoms with van der Waals surface area (Å²) in [5, 5.41) is 1.65. The summed E-state index contributed by atoms with van der Waals surface area (Å²) in [6.45, 7) is 7.14. The van der Waals surface area contributed by atoms with Crippen molar-refractivity contribution in [2.24, 2.45) is 0 Å². The van der Waals surface area contributed by atoms with Crippen molar-refractivity contribution in [3.8, 4) is 11.5 Å². The second kappa shape index (κ2) is 9.49. The summed E-state index contributed by atoms with van der Waals surface area (Å²) in [5.41, 5.74) is 2.77. The highest BCUT2D eigenvalue weighted by atomic mass is 32.2. The molecule has 164 valence electrons. The highest BCUT2D eigenvalue weighted by molar-refractivity contribution is 8.18. The summed E-state index contributed by atoms with van der Waals surface area (Å²) in [6.07, 6.45) is 1.77. The van der Waals surface area contributed by atoms with Gasteiger partial charge in [-0.15, -0.1) is 0 Å². The second-order valence-corrected chi connectivity index (χ2v) is 8.41. The fourth-order valence-corrected chi connectivity index (χ4v) is 4.53. The number of rotatable bonds is 7. The Labute approximate surface area is 192 Å². The number of nitrogens with zero attached hydrogens (tertiary/aromatic N) is 1. The minimum atomic E-state index is -0.288. The molecule has 1 heterocycles. The molecule has 0 saturated carbocycles. The summed E-state index contributed by atoms with van der Waals surface area (Å²) in [7, 11) is 0. The summed E-state index contributed by atoms with van der Waals surface area (Å²) >= 11 is 0.963. The van der Waals surface area contributed by atoms with E-state index in [9.17, 15) is 9.59 Å². The minimum Gasteiger partial charge on any atom is -0.494 e. The van der Waals surface area contributed by atoms with Crippen molar-refractivity contribution in [3.63, 3.8) is 0 Å². The Balaban J connectivity index is 1.75. The van der Waals surface area contributed by atoms with E-state index in [1.165, 1.54) is 4.90 Å². The fraction of sp³-hybridized carbons (Fsp3) is 0.231. The molecule has 0 spiro atoms. The maximum Gasteiger partial charge on any atom is 0.293 e. The van der Waals surface area contributed by atoms with Crippen molar-refractivity contribution >= 4 is 39.8 Å². The van der Waals surface area contributed by atoms with Crippen LogP contribution in [0.15, 0.2) is 59.5 Å². The molecule has 3 aromatic rings. The van der Waals surface area contributed by atoms with Crippen molar-refractivity contribution < 1.29 is 19.1 Å². The first-order chi connectivity index (χ1) is 15.5. The van der Waals surface area contributed by atoms with E-state index in [1.54, 1.807) is 6.08 Å². The standard InChI is InChI=1S/C26H25NO4S/c1-4-30-20-12-10-18-11-13-23(31-5-2)22(21(18)14-20)15-24-25(28)27(26(29)32-24)16-19-9-7-6-8-17(19)3/h6-15H,4-5,16H2,1-3H3/b24-15-. The Morgan fingerprint density at radius 1 is 0.969 bits per heavy atom. The average Bonchev–Trinajstić information content (AvgIpc) is 3.04. The topological polar surface area (TPSA) is 55.8 Å². The van der Waals surface area contributed by atoms with Gasteiger partial charge >= 0.3 is 0 Å². The molecule has 1 fully saturated rings. The molecular weight excluding hydrogens is 422 g/mol. The lowest BCUT2D eigenvalue weighted by atomic mass is 10.0. The molecule has 32 heavy (non-hydrogen) atoms. The van der Waals surface area contributed by atoms with Crippen LogP contribution in [0.3, 0.4) is 0 Å². The first-order valence-corrected chi connectivity index (χ1v) is 11.5. The molecule has 2 amide bonds. The number of carbonyl (C=O) groups excluding carboxylic acids is 2. The summed E-state index contributed by atoms with van der Waals surface area (Å²) in [6, 6.07) is 17.5. The molecule has 5 nitrogen and oxygen atoms in total. The van der Waals surface area contributed by atoms with E-state index in [-0.39, 0.29) is 17.7 Å². The van der Waals surface area contributed by atoms with Crippen LogP contribution in [-0.2, 0) is 11.3 Å².